The number of fused-ring (bicyclic) bond motifs is 1. The average Bonchev–Trinajstić information content (AvgIpc) is 3.27. The van der Waals surface area contributed by atoms with Crippen LogP contribution in [0.5, 0.6) is 0 Å². The molecule has 0 saturated carbocycles. The number of methoxy groups -OCH3 is 1. The fourth-order valence-corrected chi connectivity index (χ4v) is 4.24. The lowest BCUT2D eigenvalue weighted by atomic mass is 10.1. The maximum atomic E-state index is 5.58. The number of ether oxygens (including phenoxy) is 1. The van der Waals surface area contributed by atoms with Crippen molar-refractivity contribution in [2.24, 2.45) is 0 Å². The molecule has 0 radical (unpaired) electrons. The second-order valence-corrected chi connectivity index (χ2v) is 6.89. The van der Waals surface area contributed by atoms with E-state index >= 15 is 0 Å². The van der Waals surface area contributed by atoms with Crippen LogP contribution in [0.3, 0.4) is 0 Å². The Balaban J connectivity index is 1.62. The quantitative estimate of drug-likeness (QED) is 0.732. The second-order valence-electron chi connectivity index (χ2n) is 5.98. The van der Waals surface area contributed by atoms with Gasteiger partial charge in [-0.3, -0.25) is 4.90 Å². The molecule has 5 nitrogen and oxygen atoms in total. The monoisotopic (exact) mass is 329 g/mol. The van der Waals surface area contributed by atoms with Crippen LogP contribution in [-0.2, 0) is 11.3 Å². The lowest BCUT2D eigenvalue weighted by Crippen LogP contribution is -2.24. The molecule has 23 heavy (non-hydrogen) atoms. The Morgan fingerprint density at radius 2 is 2.26 bits per heavy atom. The molecule has 1 aliphatic heterocycles. The molecule has 0 aliphatic carbocycles. The van der Waals surface area contributed by atoms with E-state index in [-0.39, 0.29) is 12.1 Å². The van der Waals surface area contributed by atoms with Crippen molar-refractivity contribution in [1.82, 2.24) is 15.0 Å². The maximum absolute atomic E-state index is 5.58. The summed E-state index contributed by atoms with van der Waals surface area (Å²) in [6, 6.07) is 8.67. The van der Waals surface area contributed by atoms with Crippen LogP contribution in [0.2, 0.25) is 0 Å². The van der Waals surface area contributed by atoms with E-state index in [1.54, 1.807) is 18.4 Å². The van der Waals surface area contributed by atoms with Crippen LogP contribution in [0.15, 0.2) is 34.2 Å². The minimum atomic E-state index is 0.125. The summed E-state index contributed by atoms with van der Waals surface area (Å²) in [6.45, 7) is 3.61. The average molecular weight is 329 g/mol. The number of thiophene rings is 1. The Labute approximate surface area is 138 Å². The van der Waals surface area contributed by atoms with E-state index in [9.17, 15) is 0 Å². The summed E-state index contributed by atoms with van der Waals surface area (Å²) in [7, 11) is 1.77. The minimum absolute atomic E-state index is 0.125. The van der Waals surface area contributed by atoms with Gasteiger partial charge in [-0.2, -0.15) is 4.98 Å². The van der Waals surface area contributed by atoms with E-state index in [2.05, 4.69) is 44.7 Å². The minimum Gasteiger partial charge on any atom is -0.380 e. The van der Waals surface area contributed by atoms with Gasteiger partial charge in [0.15, 0.2) is 5.82 Å². The molecule has 0 amide bonds. The van der Waals surface area contributed by atoms with Crippen LogP contribution in [0, 0.1) is 6.92 Å². The summed E-state index contributed by atoms with van der Waals surface area (Å²) in [5.74, 6) is 1.38. The van der Waals surface area contributed by atoms with Gasteiger partial charge in [0.25, 0.3) is 0 Å². The van der Waals surface area contributed by atoms with Gasteiger partial charge in [0.1, 0.15) is 0 Å². The first-order chi connectivity index (χ1) is 11.2. The maximum Gasteiger partial charge on any atom is 0.244 e. The van der Waals surface area contributed by atoms with E-state index < -0.39 is 0 Å². The molecular weight excluding hydrogens is 310 g/mol. The smallest absolute Gasteiger partial charge is 0.244 e. The molecule has 1 aromatic carbocycles. The lowest BCUT2D eigenvalue weighted by molar-refractivity contribution is 0.107. The number of rotatable bonds is 4. The van der Waals surface area contributed by atoms with Crippen molar-refractivity contribution in [2.45, 2.75) is 32.0 Å². The highest BCUT2D eigenvalue weighted by molar-refractivity contribution is 7.17. The standard InChI is InChI=1S/C17H19N3O2S/c1-11-18-17(22-19-11)15-7-13(21-2)9-20(15)8-12-10-23-16-6-4-3-5-14(12)16/h3-6,10,13,15H,7-9H2,1-2H3/t13-,15+/m0/s1. The number of hydrogen-bond acceptors (Lipinski definition) is 6. The molecule has 2 atom stereocenters. The van der Waals surface area contributed by atoms with Gasteiger partial charge in [0.2, 0.25) is 5.89 Å². The van der Waals surface area contributed by atoms with Crippen LogP contribution in [-0.4, -0.2) is 34.8 Å². The van der Waals surface area contributed by atoms with Crippen LogP contribution in [0.1, 0.15) is 29.7 Å². The molecule has 120 valence electrons. The first kappa shape index (κ1) is 14.8. The van der Waals surface area contributed by atoms with Crippen LogP contribution in [0.4, 0.5) is 0 Å². The zero-order valence-electron chi connectivity index (χ0n) is 13.2. The van der Waals surface area contributed by atoms with Crippen LogP contribution < -0.4 is 0 Å². The Hall–Kier alpha value is -1.76. The number of hydrogen-bond donors (Lipinski definition) is 0. The normalized spacial score (nSPS) is 22.2. The molecule has 6 heteroatoms. The van der Waals surface area contributed by atoms with Gasteiger partial charge in [0, 0.05) is 24.9 Å². The third-order valence-corrected chi connectivity index (χ3v) is 5.47. The molecule has 3 aromatic rings. The van der Waals surface area contributed by atoms with Gasteiger partial charge in [0.05, 0.1) is 12.1 Å². The largest absolute Gasteiger partial charge is 0.380 e. The highest BCUT2D eigenvalue weighted by atomic mass is 32.1. The van der Waals surface area contributed by atoms with Crippen molar-refractivity contribution >= 4 is 21.4 Å². The van der Waals surface area contributed by atoms with Gasteiger partial charge in [-0.15, -0.1) is 11.3 Å². The molecule has 0 N–H and O–H groups in total. The summed E-state index contributed by atoms with van der Waals surface area (Å²) in [6.07, 6.45) is 1.09. The summed E-state index contributed by atoms with van der Waals surface area (Å²) in [5, 5.41) is 7.53. The lowest BCUT2D eigenvalue weighted by Gasteiger charge is -2.20. The molecule has 1 saturated heterocycles. The van der Waals surface area contributed by atoms with Crippen LogP contribution >= 0.6 is 11.3 Å². The SMILES string of the molecule is CO[C@H]1C[C@H](c2nc(C)no2)N(Cc2csc3ccccc23)C1. The number of benzene rings is 1. The summed E-state index contributed by atoms with van der Waals surface area (Å²) < 4.78 is 12.3. The van der Waals surface area contributed by atoms with E-state index in [0.29, 0.717) is 11.7 Å². The Morgan fingerprint density at radius 1 is 1.39 bits per heavy atom. The van der Waals surface area contributed by atoms with Gasteiger partial charge in [-0.25, -0.2) is 0 Å². The van der Waals surface area contributed by atoms with E-state index in [4.69, 9.17) is 9.26 Å². The summed E-state index contributed by atoms with van der Waals surface area (Å²) >= 11 is 1.80. The third kappa shape index (κ3) is 2.78. The topological polar surface area (TPSA) is 51.4 Å². The highest BCUT2D eigenvalue weighted by Crippen LogP contribution is 2.35. The van der Waals surface area contributed by atoms with Crippen molar-refractivity contribution in [2.75, 3.05) is 13.7 Å². The zero-order valence-corrected chi connectivity index (χ0v) is 14.0. The van der Waals surface area contributed by atoms with Crippen molar-refractivity contribution < 1.29 is 9.26 Å². The van der Waals surface area contributed by atoms with Crippen molar-refractivity contribution in [1.29, 1.82) is 0 Å². The Kier molecular flexibility index (Phi) is 3.88. The molecular formula is C17H19N3O2S. The second kappa shape index (κ2) is 6.03. The number of aromatic nitrogens is 2. The van der Waals surface area contributed by atoms with E-state index in [0.717, 1.165) is 19.5 Å². The molecule has 0 unspecified atom stereocenters. The fourth-order valence-electron chi connectivity index (χ4n) is 3.29. The molecule has 0 spiro atoms. The first-order valence-corrected chi connectivity index (χ1v) is 8.64. The number of nitrogens with zero attached hydrogens (tertiary/aromatic N) is 3. The van der Waals surface area contributed by atoms with Crippen LogP contribution in [0.25, 0.3) is 10.1 Å². The van der Waals surface area contributed by atoms with Gasteiger partial charge >= 0.3 is 0 Å². The summed E-state index contributed by atoms with van der Waals surface area (Å²) in [5.41, 5.74) is 1.35. The fraction of sp³-hybridized carbons (Fsp3) is 0.412. The molecule has 0 bridgehead atoms. The highest BCUT2D eigenvalue weighted by Gasteiger charge is 2.36. The van der Waals surface area contributed by atoms with E-state index in [1.807, 2.05) is 6.92 Å². The van der Waals surface area contributed by atoms with Crippen molar-refractivity contribution in [3.05, 3.63) is 46.9 Å². The molecule has 1 fully saturated rings. The van der Waals surface area contributed by atoms with Crippen molar-refractivity contribution in [3.8, 4) is 0 Å². The first-order valence-electron chi connectivity index (χ1n) is 7.76. The molecule has 3 heterocycles. The van der Waals surface area contributed by atoms with E-state index in [1.165, 1.54) is 15.6 Å². The zero-order chi connectivity index (χ0) is 15.8. The number of likely N-dealkylation sites (tertiary alicyclic amines) is 1. The predicted molar refractivity (Wildman–Crippen MR) is 89.4 cm³/mol. The van der Waals surface area contributed by atoms with Gasteiger partial charge in [-0.05, 0) is 35.7 Å². The Morgan fingerprint density at radius 3 is 3.04 bits per heavy atom. The van der Waals surface area contributed by atoms with Gasteiger partial charge < -0.3 is 9.26 Å². The van der Waals surface area contributed by atoms with Gasteiger partial charge in [-0.1, -0.05) is 23.4 Å². The third-order valence-electron chi connectivity index (χ3n) is 4.46. The predicted octanol–water partition coefficient (Wildman–Crippen LogP) is 3.55. The summed E-state index contributed by atoms with van der Waals surface area (Å²) in [4.78, 5) is 6.82. The molecule has 2 aromatic heterocycles. The Bertz CT molecular complexity index is 813. The number of aryl methyl sites for hydroxylation is 1. The molecule has 4 rings (SSSR count). The van der Waals surface area contributed by atoms with Crippen molar-refractivity contribution in [3.63, 3.8) is 0 Å². The molecule has 1 aliphatic rings.